The van der Waals surface area contributed by atoms with Crippen LogP contribution < -0.4 is 9.64 Å². The van der Waals surface area contributed by atoms with E-state index in [0.717, 1.165) is 55.2 Å². The van der Waals surface area contributed by atoms with Crippen molar-refractivity contribution in [1.82, 2.24) is 4.98 Å². The number of aromatic nitrogens is 1. The second kappa shape index (κ2) is 8.01. The lowest BCUT2D eigenvalue weighted by Gasteiger charge is -2.30. The summed E-state index contributed by atoms with van der Waals surface area (Å²) in [4.78, 5) is 17.9. The first-order valence-corrected chi connectivity index (χ1v) is 8.95. The first-order chi connectivity index (χ1) is 13.3. The maximum Gasteiger partial charge on any atom is 0.219 e. The summed E-state index contributed by atoms with van der Waals surface area (Å²) in [6, 6.07) is 19.2. The van der Waals surface area contributed by atoms with E-state index >= 15 is 0 Å². The fraction of sp³-hybridized carbons (Fsp3) is 0.182. The second-order valence-electron chi connectivity index (χ2n) is 6.26. The van der Waals surface area contributed by atoms with Gasteiger partial charge in [0.2, 0.25) is 5.88 Å². The number of morpholine rings is 1. The lowest BCUT2D eigenvalue weighted by Crippen LogP contribution is -2.36. The van der Waals surface area contributed by atoms with Gasteiger partial charge in [-0.15, -0.1) is 0 Å². The van der Waals surface area contributed by atoms with Crippen LogP contribution in [0.3, 0.4) is 0 Å². The third-order valence-corrected chi connectivity index (χ3v) is 4.57. The van der Waals surface area contributed by atoms with Crippen molar-refractivity contribution >= 4 is 12.0 Å². The predicted octanol–water partition coefficient (Wildman–Crippen LogP) is 4.19. The molecule has 2 aromatic carbocycles. The Morgan fingerprint density at radius 3 is 2.52 bits per heavy atom. The van der Waals surface area contributed by atoms with Crippen molar-refractivity contribution in [1.29, 1.82) is 0 Å². The molecule has 2 heterocycles. The third kappa shape index (κ3) is 3.83. The molecule has 1 aliphatic heterocycles. The summed E-state index contributed by atoms with van der Waals surface area (Å²) in [6.45, 7) is 3.12. The van der Waals surface area contributed by atoms with E-state index in [1.165, 1.54) is 0 Å². The molecule has 3 aromatic rings. The highest BCUT2D eigenvalue weighted by atomic mass is 16.5. The number of rotatable bonds is 5. The van der Waals surface area contributed by atoms with Gasteiger partial charge in [0, 0.05) is 36.5 Å². The van der Waals surface area contributed by atoms with Gasteiger partial charge in [0.25, 0.3) is 0 Å². The third-order valence-electron chi connectivity index (χ3n) is 4.57. The summed E-state index contributed by atoms with van der Waals surface area (Å²) in [6.07, 6.45) is 2.59. The molecular formula is C22H20N2O3. The van der Waals surface area contributed by atoms with Gasteiger partial charge < -0.3 is 14.4 Å². The molecule has 0 amide bonds. The first kappa shape index (κ1) is 17.2. The quantitative estimate of drug-likeness (QED) is 0.639. The Bertz CT molecular complexity index is 919. The minimum atomic E-state index is 0.517. The predicted molar refractivity (Wildman–Crippen MR) is 105 cm³/mol. The number of carbonyl (C=O) groups excluding carboxylic acids is 1. The highest BCUT2D eigenvalue weighted by Crippen LogP contribution is 2.32. The molecule has 1 aliphatic rings. The normalized spacial score (nSPS) is 14.0. The van der Waals surface area contributed by atoms with E-state index in [1.54, 1.807) is 12.3 Å². The van der Waals surface area contributed by atoms with Crippen LogP contribution in [-0.2, 0) is 4.74 Å². The van der Waals surface area contributed by atoms with E-state index in [9.17, 15) is 4.79 Å². The van der Waals surface area contributed by atoms with Crippen LogP contribution in [0, 0.1) is 0 Å². The number of ether oxygens (including phenoxy) is 2. The molecule has 0 atom stereocenters. The molecule has 4 rings (SSSR count). The van der Waals surface area contributed by atoms with Gasteiger partial charge in [-0.3, -0.25) is 4.79 Å². The fourth-order valence-corrected chi connectivity index (χ4v) is 3.18. The molecule has 0 N–H and O–H groups in total. The zero-order chi connectivity index (χ0) is 18.5. The van der Waals surface area contributed by atoms with Crippen LogP contribution in [0.4, 0.5) is 5.69 Å². The number of hydrogen-bond donors (Lipinski definition) is 0. The molecule has 0 bridgehead atoms. The van der Waals surface area contributed by atoms with Crippen LogP contribution in [-0.4, -0.2) is 37.6 Å². The Morgan fingerprint density at radius 1 is 0.963 bits per heavy atom. The van der Waals surface area contributed by atoms with E-state index in [2.05, 4.69) is 16.0 Å². The zero-order valence-corrected chi connectivity index (χ0v) is 14.9. The van der Waals surface area contributed by atoms with E-state index in [-0.39, 0.29) is 0 Å². The molecular weight excluding hydrogens is 340 g/mol. The van der Waals surface area contributed by atoms with Crippen LogP contribution in [0.5, 0.6) is 11.6 Å². The highest BCUT2D eigenvalue weighted by molar-refractivity contribution is 5.87. The van der Waals surface area contributed by atoms with Gasteiger partial charge in [-0.1, -0.05) is 36.4 Å². The Hall–Kier alpha value is -3.18. The number of nitrogens with zero attached hydrogens (tertiary/aromatic N) is 2. The molecule has 136 valence electrons. The van der Waals surface area contributed by atoms with Crippen LogP contribution in [0.15, 0.2) is 66.9 Å². The van der Waals surface area contributed by atoms with Gasteiger partial charge in [-0.05, 0) is 23.8 Å². The van der Waals surface area contributed by atoms with Gasteiger partial charge in [0.15, 0.2) is 12.0 Å². The second-order valence-corrected chi connectivity index (χ2v) is 6.26. The number of hydrogen-bond acceptors (Lipinski definition) is 5. The number of pyridine rings is 1. The van der Waals surface area contributed by atoms with Gasteiger partial charge in [0.1, 0.15) is 0 Å². The standard InChI is InChI=1S/C22H20N2O3/c25-16-18-5-1-2-6-19(18)17-9-10-22(23-15-17)27-21-8-4-3-7-20(21)24-11-13-26-14-12-24/h1-10,15-16H,11-14H2. The van der Waals surface area contributed by atoms with Gasteiger partial charge in [-0.2, -0.15) is 0 Å². The summed E-state index contributed by atoms with van der Waals surface area (Å²) in [5.41, 5.74) is 3.43. The molecule has 0 spiro atoms. The van der Waals surface area contributed by atoms with Crippen molar-refractivity contribution in [2.24, 2.45) is 0 Å². The number of anilines is 1. The number of para-hydroxylation sites is 2. The summed E-state index contributed by atoms with van der Waals surface area (Å²) in [5.74, 6) is 1.29. The molecule has 0 aliphatic carbocycles. The maximum atomic E-state index is 11.2. The summed E-state index contributed by atoms with van der Waals surface area (Å²) < 4.78 is 11.5. The molecule has 0 saturated carbocycles. The smallest absolute Gasteiger partial charge is 0.219 e. The molecule has 5 heteroatoms. The minimum Gasteiger partial charge on any atom is -0.437 e. The van der Waals surface area contributed by atoms with E-state index in [1.807, 2.05) is 48.5 Å². The van der Waals surface area contributed by atoms with Gasteiger partial charge in [0.05, 0.1) is 18.9 Å². The summed E-state index contributed by atoms with van der Waals surface area (Å²) in [5, 5.41) is 0. The summed E-state index contributed by atoms with van der Waals surface area (Å²) >= 11 is 0. The molecule has 0 unspecified atom stereocenters. The molecule has 1 saturated heterocycles. The molecule has 1 fully saturated rings. The maximum absolute atomic E-state index is 11.2. The van der Waals surface area contributed by atoms with Gasteiger partial charge in [-0.25, -0.2) is 4.98 Å². The number of benzene rings is 2. The number of aldehydes is 1. The average molecular weight is 360 g/mol. The zero-order valence-electron chi connectivity index (χ0n) is 14.9. The summed E-state index contributed by atoms with van der Waals surface area (Å²) in [7, 11) is 0. The monoisotopic (exact) mass is 360 g/mol. The highest BCUT2D eigenvalue weighted by Gasteiger charge is 2.16. The Balaban J connectivity index is 1.57. The van der Waals surface area contributed by atoms with E-state index in [4.69, 9.17) is 9.47 Å². The van der Waals surface area contributed by atoms with Crippen LogP contribution >= 0.6 is 0 Å². The van der Waals surface area contributed by atoms with E-state index < -0.39 is 0 Å². The van der Waals surface area contributed by atoms with Crippen LogP contribution in [0.2, 0.25) is 0 Å². The molecule has 0 radical (unpaired) electrons. The number of carbonyl (C=O) groups is 1. The van der Waals surface area contributed by atoms with Crippen molar-refractivity contribution in [3.05, 3.63) is 72.4 Å². The van der Waals surface area contributed by atoms with Crippen LogP contribution in [0.25, 0.3) is 11.1 Å². The lowest BCUT2D eigenvalue weighted by molar-refractivity contribution is 0.112. The molecule has 5 nitrogen and oxygen atoms in total. The van der Waals surface area contributed by atoms with Gasteiger partial charge >= 0.3 is 0 Å². The average Bonchev–Trinajstić information content (AvgIpc) is 2.75. The van der Waals surface area contributed by atoms with Crippen molar-refractivity contribution in [3.63, 3.8) is 0 Å². The van der Waals surface area contributed by atoms with Crippen LogP contribution in [0.1, 0.15) is 10.4 Å². The molecule has 27 heavy (non-hydrogen) atoms. The SMILES string of the molecule is O=Cc1ccccc1-c1ccc(Oc2ccccc2N2CCOCC2)nc1. The Labute approximate surface area is 158 Å². The van der Waals surface area contributed by atoms with E-state index in [0.29, 0.717) is 11.4 Å². The van der Waals surface area contributed by atoms with Crippen molar-refractivity contribution in [3.8, 4) is 22.8 Å². The lowest BCUT2D eigenvalue weighted by atomic mass is 10.0. The van der Waals surface area contributed by atoms with Crippen molar-refractivity contribution in [2.45, 2.75) is 0 Å². The molecule has 1 aromatic heterocycles. The first-order valence-electron chi connectivity index (χ1n) is 8.95. The fourth-order valence-electron chi connectivity index (χ4n) is 3.18. The topological polar surface area (TPSA) is 51.7 Å². The Morgan fingerprint density at radius 2 is 1.74 bits per heavy atom. The Kier molecular flexibility index (Phi) is 5.12. The minimum absolute atomic E-state index is 0.517. The van der Waals surface area contributed by atoms with Crippen molar-refractivity contribution in [2.75, 3.05) is 31.2 Å². The van der Waals surface area contributed by atoms with Crippen molar-refractivity contribution < 1.29 is 14.3 Å². The largest absolute Gasteiger partial charge is 0.437 e.